The molecule has 6 fully saturated rings. The van der Waals surface area contributed by atoms with Crippen molar-refractivity contribution in [3.8, 4) is 11.1 Å². The lowest BCUT2D eigenvalue weighted by molar-refractivity contribution is -0.00518. The van der Waals surface area contributed by atoms with Crippen molar-refractivity contribution in [3.05, 3.63) is 125 Å². The molecule has 0 saturated heterocycles. The molecule has 0 amide bonds. The smallest absolute Gasteiger partial charge is 0.0465 e. The highest BCUT2D eigenvalue weighted by Crippen LogP contribution is 2.61. The zero-order valence-electron chi connectivity index (χ0n) is 30.7. The molecule has 1 heterocycles. The summed E-state index contributed by atoms with van der Waals surface area (Å²) in [7, 11) is 0. The second kappa shape index (κ2) is 10.8. The Hall–Kier alpha value is -3.88. The van der Waals surface area contributed by atoms with Crippen molar-refractivity contribution < 1.29 is 0 Å². The maximum Gasteiger partial charge on any atom is 0.0465 e. The Bertz CT molecular complexity index is 2360. The fourth-order valence-electron chi connectivity index (χ4n) is 13.5. The molecule has 2 heteroatoms. The van der Waals surface area contributed by atoms with Crippen molar-refractivity contribution in [2.24, 2.45) is 29.6 Å². The molecule has 13 rings (SSSR count). The van der Waals surface area contributed by atoms with E-state index < -0.39 is 0 Å². The van der Waals surface area contributed by atoms with E-state index >= 15 is 0 Å². The number of benzene rings is 5. The van der Waals surface area contributed by atoms with Crippen LogP contribution in [-0.2, 0) is 10.8 Å². The van der Waals surface area contributed by atoms with Crippen molar-refractivity contribution in [2.45, 2.75) is 94.8 Å². The van der Waals surface area contributed by atoms with Gasteiger partial charge in [0.1, 0.15) is 0 Å². The minimum Gasteiger partial charge on any atom is -0.310 e. The van der Waals surface area contributed by atoms with E-state index in [0.717, 1.165) is 35.5 Å². The summed E-state index contributed by atoms with van der Waals surface area (Å²) in [5.41, 5.74) is 13.1. The van der Waals surface area contributed by atoms with Crippen LogP contribution >= 0.6 is 11.3 Å². The standard InChI is InChI=1S/C50H49NS/c1-49(2)44-20-19-41-40-5-3-4-6-46(40)52-48(41)47(44)42-18-17-39(26-45(42)49)51(37-13-9-34(10-14-37)43-25-30-7-8-35(43)24-30)38-15-11-36(12-16-38)50-27-31-21-32(28-50)23-33(22-31)29-50/h3-6,9-20,26,30-33,35,43H,7-8,21-25,27-29H2,1-2H3. The quantitative estimate of drug-likeness (QED) is 0.174. The number of anilines is 3. The van der Waals surface area contributed by atoms with Crippen LogP contribution in [0.4, 0.5) is 17.1 Å². The van der Waals surface area contributed by atoms with Gasteiger partial charge in [0.2, 0.25) is 0 Å². The molecule has 1 nitrogen and oxygen atoms in total. The summed E-state index contributed by atoms with van der Waals surface area (Å²) in [6.45, 7) is 4.88. The molecule has 3 unspecified atom stereocenters. The topological polar surface area (TPSA) is 3.24 Å². The first-order valence-corrected chi connectivity index (χ1v) is 21.3. The Labute approximate surface area is 313 Å². The molecule has 52 heavy (non-hydrogen) atoms. The van der Waals surface area contributed by atoms with Crippen LogP contribution in [0.5, 0.6) is 0 Å². The molecule has 7 aliphatic rings. The predicted octanol–water partition coefficient (Wildman–Crippen LogP) is 14.2. The van der Waals surface area contributed by atoms with Crippen LogP contribution in [0.1, 0.15) is 106 Å². The highest BCUT2D eigenvalue weighted by atomic mass is 32.1. The van der Waals surface area contributed by atoms with Crippen LogP contribution in [0.3, 0.4) is 0 Å². The third-order valence-corrected chi connectivity index (χ3v) is 16.7. The van der Waals surface area contributed by atoms with E-state index in [1.165, 1.54) is 124 Å². The fraction of sp³-hybridized carbons (Fsp3) is 0.400. The van der Waals surface area contributed by atoms with E-state index in [9.17, 15) is 0 Å². The third kappa shape index (κ3) is 4.34. The number of nitrogens with zero attached hydrogens (tertiary/aromatic N) is 1. The summed E-state index contributed by atoms with van der Waals surface area (Å²) in [4.78, 5) is 2.56. The molecule has 0 radical (unpaired) electrons. The highest BCUT2D eigenvalue weighted by Gasteiger charge is 2.51. The summed E-state index contributed by atoms with van der Waals surface area (Å²) in [6.07, 6.45) is 14.5. The van der Waals surface area contributed by atoms with E-state index in [4.69, 9.17) is 0 Å². The van der Waals surface area contributed by atoms with Gasteiger partial charge in [0, 0.05) is 48.2 Å². The average Bonchev–Trinajstić information content (AvgIpc) is 3.93. The lowest BCUT2D eigenvalue weighted by atomic mass is 9.48. The molecule has 6 aromatic rings. The molecule has 6 saturated carbocycles. The summed E-state index contributed by atoms with van der Waals surface area (Å²) < 4.78 is 2.82. The minimum absolute atomic E-state index is 0.0787. The van der Waals surface area contributed by atoms with E-state index in [1.807, 2.05) is 11.3 Å². The van der Waals surface area contributed by atoms with Crippen LogP contribution in [0.15, 0.2) is 103 Å². The molecule has 3 atom stereocenters. The van der Waals surface area contributed by atoms with Gasteiger partial charge >= 0.3 is 0 Å². The molecule has 0 spiro atoms. The van der Waals surface area contributed by atoms with Crippen LogP contribution in [0.25, 0.3) is 31.3 Å². The Kier molecular flexibility index (Phi) is 6.38. The molecule has 7 aliphatic carbocycles. The van der Waals surface area contributed by atoms with E-state index in [2.05, 4.69) is 122 Å². The van der Waals surface area contributed by atoms with E-state index in [1.54, 1.807) is 11.1 Å². The van der Waals surface area contributed by atoms with Crippen LogP contribution in [0, 0.1) is 29.6 Å². The van der Waals surface area contributed by atoms with Gasteiger partial charge in [-0.15, -0.1) is 11.3 Å². The highest BCUT2D eigenvalue weighted by molar-refractivity contribution is 7.26. The van der Waals surface area contributed by atoms with Gasteiger partial charge in [-0.3, -0.25) is 0 Å². The summed E-state index contributed by atoms with van der Waals surface area (Å²) >= 11 is 1.96. The molecule has 0 aliphatic heterocycles. The van der Waals surface area contributed by atoms with Crippen molar-refractivity contribution in [3.63, 3.8) is 0 Å². The van der Waals surface area contributed by atoms with Gasteiger partial charge in [-0.05, 0) is 169 Å². The van der Waals surface area contributed by atoms with Crippen LogP contribution < -0.4 is 4.90 Å². The second-order valence-corrected chi connectivity index (χ2v) is 19.8. The number of rotatable bonds is 5. The zero-order valence-corrected chi connectivity index (χ0v) is 31.5. The lowest BCUT2D eigenvalue weighted by Crippen LogP contribution is -2.48. The van der Waals surface area contributed by atoms with Crippen molar-refractivity contribution in [2.75, 3.05) is 4.90 Å². The molecule has 6 bridgehead atoms. The molecule has 0 N–H and O–H groups in total. The van der Waals surface area contributed by atoms with Crippen molar-refractivity contribution in [1.29, 1.82) is 0 Å². The van der Waals surface area contributed by atoms with Crippen LogP contribution in [-0.4, -0.2) is 0 Å². The Morgan fingerprint density at radius 1 is 0.596 bits per heavy atom. The lowest BCUT2D eigenvalue weighted by Gasteiger charge is -2.57. The number of hydrogen-bond acceptors (Lipinski definition) is 2. The first-order valence-electron chi connectivity index (χ1n) is 20.5. The molecular formula is C50H49NS. The van der Waals surface area contributed by atoms with E-state index in [0.29, 0.717) is 5.41 Å². The zero-order chi connectivity index (χ0) is 34.3. The predicted molar refractivity (Wildman–Crippen MR) is 220 cm³/mol. The average molecular weight is 696 g/mol. The summed E-state index contributed by atoms with van der Waals surface area (Å²) in [5, 5.41) is 2.77. The third-order valence-electron chi connectivity index (χ3n) is 15.5. The Morgan fingerprint density at radius 2 is 1.29 bits per heavy atom. The molecule has 5 aromatic carbocycles. The maximum absolute atomic E-state index is 2.56. The summed E-state index contributed by atoms with van der Waals surface area (Å²) in [6, 6.07) is 40.9. The Morgan fingerprint density at radius 3 is 1.98 bits per heavy atom. The molecule has 1 aromatic heterocycles. The first kappa shape index (κ1) is 30.6. The van der Waals surface area contributed by atoms with Gasteiger partial charge in [-0.1, -0.05) is 80.9 Å². The largest absolute Gasteiger partial charge is 0.310 e. The van der Waals surface area contributed by atoms with Crippen LogP contribution in [0.2, 0.25) is 0 Å². The summed E-state index contributed by atoms with van der Waals surface area (Å²) in [5.74, 6) is 5.50. The van der Waals surface area contributed by atoms with Crippen molar-refractivity contribution >= 4 is 48.6 Å². The number of hydrogen-bond donors (Lipinski definition) is 0. The first-order chi connectivity index (χ1) is 25.4. The Balaban J connectivity index is 0.968. The maximum atomic E-state index is 2.56. The number of fused-ring (bicyclic) bond motifs is 9. The van der Waals surface area contributed by atoms with Gasteiger partial charge in [0.25, 0.3) is 0 Å². The van der Waals surface area contributed by atoms with Gasteiger partial charge in [-0.2, -0.15) is 0 Å². The fourth-order valence-corrected chi connectivity index (χ4v) is 14.8. The normalized spacial score (nSPS) is 30.3. The van der Waals surface area contributed by atoms with Gasteiger partial charge in [-0.25, -0.2) is 0 Å². The SMILES string of the molecule is CC1(C)c2cc(N(c3ccc(C4CC5CCC4C5)cc3)c3ccc(C45CC6CC(CC(C6)C4)C5)cc3)ccc2-c2c1ccc1c2sc2ccccc21. The molecule has 260 valence electrons. The van der Waals surface area contributed by atoms with Gasteiger partial charge < -0.3 is 4.90 Å². The van der Waals surface area contributed by atoms with Gasteiger partial charge in [0.15, 0.2) is 0 Å². The van der Waals surface area contributed by atoms with Gasteiger partial charge in [0.05, 0.1) is 0 Å². The number of thiophene rings is 1. The monoisotopic (exact) mass is 695 g/mol. The minimum atomic E-state index is -0.0787. The van der Waals surface area contributed by atoms with Crippen molar-refractivity contribution in [1.82, 2.24) is 0 Å². The molecular weight excluding hydrogens is 647 g/mol. The second-order valence-electron chi connectivity index (χ2n) is 18.8. The van der Waals surface area contributed by atoms with E-state index in [-0.39, 0.29) is 5.41 Å².